The van der Waals surface area contributed by atoms with Gasteiger partial charge in [-0.05, 0) is 31.4 Å². The average Bonchev–Trinajstić information content (AvgIpc) is 2.78. The molecule has 4 nitrogen and oxygen atoms in total. The second-order valence-electron chi connectivity index (χ2n) is 4.12. The highest BCUT2D eigenvalue weighted by molar-refractivity contribution is 7.10. The Balaban J connectivity index is 2.62. The maximum atomic E-state index is 11.9. The van der Waals surface area contributed by atoms with E-state index in [2.05, 4.69) is 0 Å². The monoisotopic (exact) mass is 267 g/mol. The molecule has 18 heavy (non-hydrogen) atoms. The molecule has 0 fully saturated rings. The Morgan fingerprint density at radius 1 is 1.50 bits per heavy atom. The van der Waals surface area contributed by atoms with Gasteiger partial charge in [-0.3, -0.25) is 9.59 Å². The van der Waals surface area contributed by atoms with E-state index >= 15 is 0 Å². The number of carboxylic acid groups (broad SMARTS) is 1. The number of nitrogens with zero attached hydrogens (tertiary/aromatic N) is 1. The number of thiophene rings is 1. The molecule has 1 heterocycles. The third kappa shape index (κ3) is 4.71. The molecule has 0 unspecified atom stereocenters. The molecule has 0 spiro atoms. The van der Waals surface area contributed by atoms with Gasteiger partial charge in [-0.1, -0.05) is 6.07 Å². The summed E-state index contributed by atoms with van der Waals surface area (Å²) in [7, 11) is 0. The Morgan fingerprint density at radius 3 is 2.72 bits per heavy atom. The van der Waals surface area contributed by atoms with Crippen molar-refractivity contribution in [1.82, 2.24) is 4.90 Å². The number of carbonyl (C=O) groups excluding carboxylic acids is 1. The lowest BCUT2D eigenvalue weighted by molar-refractivity contribution is -0.138. The molecular formula is C13H17NO3S. The first-order valence-corrected chi connectivity index (χ1v) is 6.62. The maximum Gasteiger partial charge on any atom is 0.305 e. The molecule has 98 valence electrons. The minimum atomic E-state index is -0.893. The van der Waals surface area contributed by atoms with Crippen molar-refractivity contribution in [2.45, 2.75) is 26.3 Å². The second-order valence-corrected chi connectivity index (χ2v) is 5.10. The Bertz CT molecular complexity index is 423. The molecule has 1 rings (SSSR count). The zero-order chi connectivity index (χ0) is 13.5. The van der Waals surface area contributed by atoms with Gasteiger partial charge in [-0.15, -0.1) is 11.3 Å². The van der Waals surface area contributed by atoms with E-state index in [1.54, 1.807) is 22.3 Å². The van der Waals surface area contributed by atoms with Crippen LogP contribution in [0.1, 0.15) is 25.1 Å². The summed E-state index contributed by atoms with van der Waals surface area (Å²) in [6, 6.07) is 3.83. The van der Waals surface area contributed by atoms with Crippen molar-refractivity contribution in [3.05, 3.63) is 28.5 Å². The van der Waals surface area contributed by atoms with Crippen molar-refractivity contribution < 1.29 is 14.7 Å². The molecule has 1 amide bonds. The van der Waals surface area contributed by atoms with Crippen LogP contribution in [0.25, 0.3) is 6.08 Å². The predicted octanol–water partition coefficient (Wildman–Crippen LogP) is 2.47. The van der Waals surface area contributed by atoms with E-state index in [9.17, 15) is 9.59 Å². The topological polar surface area (TPSA) is 57.6 Å². The lowest BCUT2D eigenvalue weighted by Gasteiger charge is -2.24. The first-order chi connectivity index (χ1) is 8.50. The molecule has 0 aliphatic rings. The molecule has 0 aliphatic heterocycles. The average molecular weight is 267 g/mol. The molecule has 0 aromatic carbocycles. The molecule has 0 radical (unpaired) electrons. The highest BCUT2D eigenvalue weighted by Crippen LogP contribution is 2.11. The van der Waals surface area contributed by atoms with Crippen LogP contribution in [0.15, 0.2) is 23.6 Å². The number of carbonyl (C=O) groups is 2. The van der Waals surface area contributed by atoms with Gasteiger partial charge in [0.25, 0.3) is 0 Å². The van der Waals surface area contributed by atoms with Crippen molar-refractivity contribution in [3.63, 3.8) is 0 Å². The smallest absolute Gasteiger partial charge is 0.305 e. The number of carboxylic acids is 1. The zero-order valence-electron chi connectivity index (χ0n) is 10.5. The third-order valence-corrected chi connectivity index (χ3v) is 3.24. The fraction of sp³-hybridized carbons (Fsp3) is 0.385. The zero-order valence-corrected chi connectivity index (χ0v) is 11.3. The van der Waals surface area contributed by atoms with Crippen LogP contribution in [-0.2, 0) is 9.59 Å². The molecule has 0 atom stereocenters. The largest absolute Gasteiger partial charge is 0.481 e. The van der Waals surface area contributed by atoms with E-state index in [0.29, 0.717) is 0 Å². The van der Waals surface area contributed by atoms with Gasteiger partial charge < -0.3 is 10.0 Å². The fourth-order valence-electron chi connectivity index (χ4n) is 1.47. The van der Waals surface area contributed by atoms with Crippen molar-refractivity contribution in [2.75, 3.05) is 6.54 Å². The van der Waals surface area contributed by atoms with Crippen molar-refractivity contribution >= 4 is 29.3 Å². The van der Waals surface area contributed by atoms with E-state index in [1.165, 1.54) is 6.08 Å². The van der Waals surface area contributed by atoms with Gasteiger partial charge in [-0.2, -0.15) is 0 Å². The Morgan fingerprint density at radius 2 is 2.22 bits per heavy atom. The van der Waals surface area contributed by atoms with E-state index in [-0.39, 0.29) is 24.9 Å². The summed E-state index contributed by atoms with van der Waals surface area (Å²) in [5, 5.41) is 10.6. The third-order valence-electron chi connectivity index (χ3n) is 2.41. The molecule has 0 saturated heterocycles. The highest BCUT2D eigenvalue weighted by Gasteiger charge is 2.15. The number of hydrogen-bond donors (Lipinski definition) is 1. The van der Waals surface area contributed by atoms with Crippen LogP contribution in [-0.4, -0.2) is 34.5 Å². The summed E-state index contributed by atoms with van der Waals surface area (Å²) in [6.07, 6.45) is 3.22. The summed E-state index contributed by atoms with van der Waals surface area (Å²) in [4.78, 5) is 25.0. The fourth-order valence-corrected chi connectivity index (χ4v) is 2.09. The summed E-state index contributed by atoms with van der Waals surface area (Å²) < 4.78 is 0. The Kier molecular flexibility index (Phi) is 5.58. The maximum absolute atomic E-state index is 11.9. The molecule has 0 bridgehead atoms. The van der Waals surface area contributed by atoms with Crippen LogP contribution in [0, 0.1) is 0 Å². The lowest BCUT2D eigenvalue weighted by atomic mass is 10.2. The van der Waals surface area contributed by atoms with Crippen molar-refractivity contribution in [1.29, 1.82) is 0 Å². The molecule has 1 aromatic rings. The van der Waals surface area contributed by atoms with Gasteiger partial charge in [0.05, 0.1) is 6.42 Å². The molecule has 0 aliphatic carbocycles. The number of aliphatic carboxylic acids is 1. The second kappa shape index (κ2) is 6.96. The number of amides is 1. The molecular weight excluding hydrogens is 250 g/mol. The van der Waals surface area contributed by atoms with Gasteiger partial charge in [0, 0.05) is 23.5 Å². The van der Waals surface area contributed by atoms with Crippen LogP contribution in [0.3, 0.4) is 0 Å². The van der Waals surface area contributed by atoms with E-state index in [1.807, 2.05) is 31.4 Å². The Labute approximate surface area is 111 Å². The first kappa shape index (κ1) is 14.4. The minimum Gasteiger partial charge on any atom is -0.481 e. The first-order valence-electron chi connectivity index (χ1n) is 5.74. The van der Waals surface area contributed by atoms with E-state index in [0.717, 1.165) is 4.88 Å². The van der Waals surface area contributed by atoms with Gasteiger partial charge in [0.2, 0.25) is 5.91 Å². The molecule has 1 N–H and O–H groups in total. The van der Waals surface area contributed by atoms with Gasteiger partial charge in [0.15, 0.2) is 0 Å². The summed E-state index contributed by atoms with van der Waals surface area (Å²) in [5.74, 6) is -1.05. The van der Waals surface area contributed by atoms with E-state index < -0.39 is 5.97 Å². The predicted molar refractivity (Wildman–Crippen MR) is 72.5 cm³/mol. The van der Waals surface area contributed by atoms with E-state index in [4.69, 9.17) is 5.11 Å². The van der Waals surface area contributed by atoms with Gasteiger partial charge in [0.1, 0.15) is 0 Å². The minimum absolute atomic E-state index is 0.00941. The standard InChI is InChI=1S/C13H17NO3S/c1-10(2)14(8-7-13(16)17)12(15)6-5-11-4-3-9-18-11/h3-6,9-10H,7-8H2,1-2H3,(H,16,17)/b6-5+. The van der Waals surface area contributed by atoms with Crippen LogP contribution in [0.5, 0.6) is 0 Å². The molecule has 0 saturated carbocycles. The van der Waals surface area contributed by atoms with Crippen LogP contribution < -0.4 is 0 Å². The van der Waals surface area contributed by atoms with Crippen LogP contribution in [0.4, 0.5) is 0 Å². The van der Waals surface area contributed by atoms with Gasteiger partial charge >= 0.3 is 5.97 Å². The lowest BCUT2D eigenvalue weighted by Crippen LogP contribution is -2.37. The Hall–Kier alpha value is -1.62. The number of rotatable bonds is 6. The summed E-state index contributed by atoms with van der Waals surface area (Å²) in [6.45, 7) is 3.98. The highest BCUT2D eigenvalue weighted by atomic mass is 32.1. The quantitative estimate of drug-likeness (QED) is 0.805. The molecule has 5 heteroatoms. The SMILES string of the molecule is CC(C)N(CCC(=O)O)C(=O)/C=C/c1cccs1. The number of hydrogen-bond acceptors (Lipinski definition) is 3. The summed E-state index contributed by atoms with van der Waals surface area (Å²) in [5.41, 5.74) is 0. The van der Waals surface area contributed by atoms with Crippen LogP contribution >= 0.6 is 11.3 Å². The van der Waals surface area contributed by atoms with Crippen LogP contribution in [0.2, 0.25) is 0 Å². The van der Waals surface area contributed by atoms with Crippen molar-refractivity contribution in [2.24, 2.45) is 0 Å². The summed E-state index contributed by atoms with van der Waals surface area (Å²) >= 11 is 1.55. The molecule has 1 aromatic heterocycles. The van der Waals surface area contributed by atoms with Gasteiger partial charge in [-0.25, -0.2) is 0 Å². The van der Waals surface area contributed by atoms with Crippen molar-refractivity contribution in [3.8, 4) is 0 Å². The normalized spacial score (nSPS) is 11.1.